The summed E-state index contributed by atoms with van der Waals surface area (Å²) in [5.74, 6) is 0.640. The van der Waals surface area contributed by atoms with Crippen LogP contribution in [0.3, 0.4) is 0 Å². The van der Waals surface area contributed by atoms with Crippen LogP contribution in [0.2, 0.25) is 0 Å². The normalized spacial score (nSPS) is 16.4. The van der Waals surface area contributed by atoms with Crippen molar-refractivity contribution < 1.29 is 12.8 Å². The summed E-state index contributed by atoms with van der Waals surface area (Å²) in [6, 6.07) is 7.83. The summed E-state index contributed by atoms with van der Waals surface area (Å²) in [6.45, 7) is 8.69. The largest absolute Gasteiger partial charge is 0.444 e. The van der Waals surface area contributed by atoms with Crippen LogP contribution in [0.25, 0.3) is 10.8 Å². The molecular formula is C21H25N3O3S2. The fourth-order valence-electron chi connectivity index (χ4n) is 3.95. The molecule has 0 N–H and O–H groups in total. The Morgan fingerprint density at radius 1 is 1.10 bits per heavy atom. The zero-order chi connectivity index (χ0) is 20.6. The lowest BCUT2D eigenvalue weighted by molar-refractivity contribution is 0.180. The highest BCUT2D eigenvalue weighted by atomic mass is 32.2. The van der Waals surface area contributed by atoms with Crippen molar-refractivity contribution >= 4 is 21.4 Å². The molecular weight excluding hydrogens is 406 g/mol. The first-order valence-corrected chi connectivity index (χ1v) is 12.0. The zero-order valence-electron chi connectivity index (χ0n) is 16.9. The molecule has 3 heterocycles. The van der Waals surface area contributed by atoms with E-state index in [1.807, 2.05) is 50.4 Å². The fourth-order valence-corrected chi connectivity index (χ4v) is 6.44. The molecule has 0 aliphatic carbocycles. The van der Waals surface area contributed by atoms with Gasteiger partial charge in [-0.05, 0) is 43.3 Å². The van der Waals surface area contributed by atoms with Crippen molar-refractivity contribution in [3.63, 3.8) is 0 Å². The molecule has 4 rings (SSSR count). The summed E-state index contributed by atoms with van der Waals surface area (Å²) in [4.78, 5) is 8.25. The van der Waals surface area contributed by atoms with Crippen LogP contribution in [0.5, 0.6) is 0 Å². The predicted molar refractivity (Wildman–Crippen MR) is 115 cm³/mol. The maximum Gasteiger partial charge on any atom is 0.243 e. The van der Waals surface area contributed by atoms with Crippen LogP contribution in [-0.4, -0.2) is 48.8 Å². The number of hydrogen-bond donors (Lipinski definition) is 0. The Kier molecular flexibility index (Phi) is 5.61. The second-order valence-electron chi connectivity index (χ2n) is 7.53. The number of sulfonamides is 1. The van der Waals surface area contributed by atoms with Crippen LogP contribution < -0.4 is 0 Å². The molecule has 0 radical (unpaired) electrons. The van der Waals surface area contributed by atoms with E-state index in [-0.39, 0.29) is 0 Å². The van der Waals surface area contributed by atoms with Gasteiger partial charge in [-0.25, -0.2) is 13.4 Å². The number of piperazine rings is 1. The highest BCUT2D eigenvalue weighted by molar-refractivity contribution is 7.89. The number of benzene rings is 1. The quantitative estimate of drug-likeness (QED) is 0.614. The number of rotatable bonds is 5. The van der Waals surface area contributed by atoms with Crippen molar-refractivity contribution in [1.29, 1.82) is 0 Å². The number of aromatic nitrogens is 1. The minimum atomic E-state index is -3.49. The summed E-state index contributed by atoms with van der Waals surface area (Å²) in [6.07, 6.45) is 1.69. The van der Waals surface area contributed by atoms with Crippen molar-refractivity contribution in [1.82, 2.24) is 14.2 Å². The lowest BCUT2D eigenvalue weighted by atomic mass is 10.1. The van der Waals surface area contributed by atoms with Gasteiger partial charge in [-0.1, -0.05) is 23.8 Å². The molecule has 1 aliphatic heterocycles. The molecule has 1 aromatic carbocycles. The second-order valence-corrected chi connectivity index (χ2v) is 10.4. The molecule has 3 aromatic rings. The summed E-state index contributed by atoms with van der Waals surface area (Å²) in [5.41, 5.74) is 3.58. The molecule has 29 heavy (non-hydrogen) atoms. The Hall–Kier alpha value is -2.00. The van der Waals surface area contributed by atoms with Gasteiger partial charge in [0.15, 0.2) is 0 Å². The van der Waals surface area contributed by atoms with Crippen molar-refractivity contribution in [3.05, 3.63) is 58.3 Å². The van der Waals surface area contributed by atoms with Crippen LogP contribution in [0, 0.1) is 20.8 Å². The highest BCUT2D eigenvalue weighted by Crippen LogP contribution is 2.27. The minimum Gasteiger partial charge on any atom is -0.444 e. The fraction of sp³-hybridized carbons (Fsp3) is 0.381. The van der Waals surface area contributed by atoms with Crippen LogP contribution in [-0.2, 0) is 16.6 Å². The maximum atomic E-state index is 13.2. The molecule has 6 nitrogen and oxygen atoms in total. The molecule has 154 valence electrons. The van der Waals surface area contributed by atoms with Crippen LogP contribution in [0.4, 0.5) is 0 Å². The smallest absolute Gasteiger partial charge is 0.243 e. The van der Waals surface area contributed by atoms with Gasteiger partial charge in [0.05, 0.1) is 15.5 Å². The van der Waals surface area contributed by atoms with E-state index in [4.69, 9.17) is 4.42 Å². The third kappa shape index (κ3) is 4.16. The van der Waals surface area contributed by atoms with Crippen molar-refractivity contribution in [2.45, 2.75) is 32.2 Å². The van der Waals surface area contributed by atoms with Gasteiger partial charge in [-0.2, -0.15) is 4.31 Å². The monoisotopic (exact) mass is 431 g/mol. The van der Waals surface area contributed by atoms with Gasteiger partial charge >= 0.3 is 0 Å². The molecule has 2 aromatic heterocycles. The molecule has 1 aliphatic rings. The minimum absolute atomic E-state index is 0.452. The third-order valence-corrected chi connectivity index (χ3v) is 8.27. The van der Waals surface area contributed by atoms with Gasteiger partial charge in [0, 0.05) is 32.7 Å². The van der Waals surface area contributed by atoms with Gasteiger partial charge < -0.3 is 4.42 Å². The predicted octanol–water partition coefficient (Wildman–Crippen LogP) is 3.83. The summed E-state index contributed by atoms with van der Waals surface area (Å²) < 4.78 is 33.6. The van der Waals surface area contributed by atoms with Crippen molar-refractivity contribution in [2.24, 2.45) is 0 Å². The molecule has 8 heteroatoms. The molecule has 1 fully saturated rings. The maximum absolute atomic E-state index is 13.2. The molecule has 0 amide bonds. The Morgan fingerprint density at radius 3 is 2.41 bits per heavy atom. The zero-order valence-corrected chi connectivity index (χ0v) is 18.5. The Balaban J connectivity index is 1.42. The van der Waals surface area contributed by atoms with E-state index in [0.29, 0.717) is 43.5 Å². The number of oxazole rings is 1. The molecule has 0 atom stereocenters. The number of thiophene rings is 1. The number of nitrogens with zero attached hydrogens (tertiary/aromatic N) is 3. The Labute approximate surface area is 175 Å². The summed E-state index contributed by atoms with van der Waals surface area (Å²) >= 11 is 1.60. The number of aryl methyl sites for hydroxylation is 3. The van der Waals surface area contributed by atoms with E-state index in [1.165, 1.54) is 0 Å². The van der Waals surface area contributed by atoms with E-state index in [2.05, 4.69) is 9.88 Å². The SMILES string of the molecule is Cc1cc(C)c(S(=O)(=O)N2CCN(Cc3coc(-c4cccs4)n3)CC2)c(C)c1. The number of hydrogen-bond acceptors (Lipinski definition) is 6. The van der Waals surface area contributed by atoms with Gasteiger partial charge in [-0.3, -0.25) is 4.90 Å². The van der Waals surface area contributed by atoms with Crippen LogP contribution >= 0.6 is 11.3 Å². The van der Waals surface area contributed by atoms with Crippen LogP contribution in [0.1, 0.15) is 22.4 Å². The van der Waals surface area contributed by atoms with Crippen LogP contribution in [0.15, 0.2) is 45.2 Å². The Bertz CT molecular complexity index is 1070. The first kappa shape index (κ1) is 20.3. The van der Waals surface area contributed by atoms with Gasteiger partial charge in [0.25, 0.3) is 0 Å². The summed E-state index contributed by atoms with van der Waals surface area (Å²) in [5, 5.41) is 2.00. The lowest BCUT2D eigenvalue weighted by Crippen LogP contribution is -2.48. The average molecular weight is 432 g/mol. The van der Waals surface area contributed by atoms with Crippen molar-refractivity contribution in [3.8, 4) is 10.8 Å². The average Bonchev–Trinajstić information content (AvgIpc) is 3.32. The van der Waals surface area contributed by atoms with E-state index < -0.39 is 10.0 Å². The topological polar surface area (TPSA) is 66.7 Å². The summed E-state index contributed by atoms with van der Waals surface area (Å²) in [7, 11) is -3.49. The van der Waals surface area contributed by atoms with E-state index in [1.54, 1.807) is 21.9 Å². The van der Waals surface area contributed by atoms with Crippen molar-refractivity contribution in [2.75, 3.05) is 26.2 Å². The lowest BCUT2D eigenvalue weighted by Gasteiger charge is -2.34. The third-order valence-electron chi connectivity index (χ3n) is 5.20. The van der Waals surface area contributed by atoms with Gasteiger partial charge in [0.2, 0.25) is 15.9 Å². The van der Waals surface area contributed by atoms with E-state index in [9.17, 15) is 8.42 Å². The molecule has 0 saturated carbocycles. The molecule has 0 bridgehead atoms. The van der Waals surface area contributed by atoms with E-state index >= 15 is 0 Å². The first-order valence-electron chi connectivity index (χ1n) is 9.63. The highest BCUT2D eigenvalue weighted by Gasteiger charge is 2.31. The molecule has 1 saturated heterocycles. The first-order chi connectivity index (χ1) is 13.8. The van der Waals surface area contributed by atoms with Gasteiger partial charge in [0.1, 0.15) is 6.26 Å². The molecule has 0 spiro atoms. The Morgan fingerprint density at radius 2 is 1.79 bits per heavy atom. The second kappa shape index (κ2) is 8.02. The molecule has 0 unspecified atom stereocenters. The standard InChI is InChI=1S/C21H25N3O3S2/c1-15-11-16(2)20(17(3)12-15)29(25,26)24-8-6-23(7-9-24)13-18-14-27-21(22-18)19-5-4-10-28-19/h4-5,10-12,14H,6-9,13H2,1-3H3. The van der Waals surface area contributed by atoms with Gasteiger partial charge in [-0.15, -0.1) is 11.3 Å². The van der Waals surface area contributed by atoms with E-state index in [0.717, 1.165) is 27.3 Å².